The van der Waals surface area contributed by atoms with Crippen molar-refractivity contribution >= 4 is 11.6 Å². The molecule has 1 amide bonds. The van der Waals surface area contributed by atoms with Crippen molar-refractivity contribution in [3.05, 3.63) is 65.4 Å². The number of piperidine rings is 1. The first-order valence-corrected chi connectivity index (χ1v) is 10.4. The lowest BCUT2D eigenvalue weighted by molar-refractivity contribution is -0.137. The second kappa shape index (κ2) is 8.85. The standard InChI is InChI=1S/C22H23F4N5O/c1-14(21(32)27-11-15-4-7-18(23)8-5-15)30-10-2-3-16(12-30)20-29-28-19-9-6-17(13-31(19)20)22(24,25)26/h4-9,13-14,16H,2-3,10-12H2,1H3,(H,27,32). The van der Waals surface area contributed by atoms with E-state index in [1.807, 2.05) is 4.90 Å². The molecule has 1 saturated heterocycles. The fourth-order valence-electron chi connectivity index (χ4n) is 4.03. The fourth-order valence-corrected chi connectivity index (χ4v) is 4.03. The van der Waals surface area contributed by atoms with E-state index in [9.17, 15) is 22.4 Å². The average Bonchev–Trinajstić information content (AvgIpc) is 3.21. The molecular formula is C22H23F4N5O. The Morgan fingerprint density at radius 2 is 1.94 bits per heavy atom. The summed E-state index contributed by atoms with van der Waals surface area (Å²) < 4.78 is 53.9. The van der Waals surface area contributed by atoms with Gasteiger partial charge in [0.1, 0.15) is 11.6 Å². The van der Waals surface area contributed by atoms with Crippen molar-refractivity contribution in [2.24, 2.45) is 0 Å². The number of alkyl halides is 3. The van der Waals surface area contributed by atoms with Gasteiger partial charge in [-0.05, 0) is 56.1 Å². The lowest BCUT2D eigenvalue weighted by Crippen LogP contribution is -2.48. The Kier molecular flexibility index (Phi) is 6.14. The Morgan fingerprint density at radius 1 is 1.19 bits per heavy atom. The number of nitrogens with one attached hydrogen (secondary N) is 1. The molecule has 10 heteroatoms. The van der Waals surface area contributed by atoms with Crippen LogP contribution >= 0.6 is 0 Å². The zero-order chi connectivity index (χ0) is 22.9. The molecule has 32 heavy (non-hydrogen) atoms. The molecule has 3 aromatic rings. The number of benzene rings is 1. The van der Waals surface area contributed by atoms with Crippen molar-refractivity contribution in [1.82, 2.24) is 24.8 Å². The van der Waals surface area contributed by atoms with Crippen molar-refractivity contribution in [2.45, 2.75) is 44.4 Å². The highest BCUT2D eigenvalue weighted by atomic mass is 19.4. The first-order valence-electron chi connectivity index (χ1n) is 10.4. The number of pyridine rings is 1. The number of halogens is 4. The predicted molar refractivity (Wildman–Crippen MR) is 109 cm³/mol. The van der Waals surface area contributed by atoms with Crippen molar-refractivity contribution in [1.29, 1.82) is 0 Å². The second-order valence-electron chi connectivity index (χ2n) is 8.06. The molecule has 0 aliphatic carbocycles. The van der Waals surface area contributed by atoms with E-state index in [4.69, 9.17) is 0 Å². The van der Waals surface area contributed by atoms with E-state index in [-0.39, 0.29) is 24.2 Å². The van der Waals surface area contributed by atoms with Crippen LogP contribution in [0.3, 0.4) is 0 Å². The van der Waals surface area contributed by atoms with Gasteiger partial charge < -0.3 is 5.32 Å². The lowest BCUT2D eigenvalue weighted by Gasteiger charge is -2.35. The molecule has 1 aliphatic rings. The van der Waals surface area contributed by atoms with Gasteiger partial charge in [0, 0.05) is 25.2 Å². The molecule has 170 valence electrons. The fraction of sp³-hybridized carbons (Fsp3) is 0.409. The summed E-state index contributed by atoms with van der Waals surface area (Å²) in [6, 6.07) is 7.79. The summed E-state index contributed by atoms with van der Waals surface area (Å²) in [4.78, 5) is 14.7. The maximum absolute atomic E-state index is 13.1. The van der Waals surface area contributed by atoms with E-state index in [0.717, 1.165) is 30.7 Å². The van der Waals surface area contributed by atoms with Gasteiger partial charge in [0.05, 0.1) is 11.6 Å². The van der Waals surface area contributed by atoms with Gasteiger partial charge in [0.15, 0.2) is 5.65 Å². The molecule has 2 aromatic heterocycles. The smallest absolute Gasteiger partial charge is 0.351 e. The minimum absolute atomic E-state index is 0.144. The number of aromatic nitrogens is 3. The summed E-state index contributed by atoms with van der Waals surface area (Å²) in [6.45, 7) is 3.27. The molecule has 1 aromatic carbocycles. The summed E-state index contributed by atoms with van der Waals surface area (Å²) in [5.74, 6) is -0.180. The molecule has 6 nitrogen and oxygen atoms in total. The number of fused-ring (bicyclic) bond motifs is 1. The minimum Gasteiger partial charge on any atom is -0.351 e. The van der Waals surface area contributed by atoms with Gasteiger partial charge in [-0.25, -0.2) is 4.39 Å². The molecule has 0 saturated carbocycles. The van der Waals surface area contributed by atoms with Crippen LogP contribution in [0.15, 0.2) is 42.6 Å². The zero-order valence-corrected chi connectivity index (χ0v) is 17.4. The SMILES string of the molecule is CC(C(=O)NCc1ccc(F)cc1)N1CCCC(c2nnc3ccc(C(F)(F)F)cn23)C1. The second-order valence-corrected chi connectivity index (χ2v) is 8.06. The third kappa shape index (κ3) is 4.74. The Balaban J connectivity index is 1.44. The number of rotatable bonds is 5. The lowest BCUT2D eigenvalue weighted by atomic mass is 9.96. The number of amides is 1. The Labute approximate surface area is 182 Å². The third-order valence-electron chi connectivity index (χ3n) is 5.88. The van der Waals surface area contributed by atoms with E-state index in [1.165, 1.54) is 22.6 Å². The van der Waals surface area contributed by atoms with Gasteiger partial charge in [0.2, 0.25) is 5.91 Å². The van der Waals surface area contributed by atoms with E-state index in [0.29, 0.717) is 24.6 Å². The third-order valence-corrected chi connectivity index (χ3v) is 5.88. The number of nitrogens with zero attached hydrogens (tertiary/aromatic N) is 4. The number of carbonyl (C=O) groups is 1. The first-order chi connectivity index (χ1) is 15.2. The van der Waals surface area contributed by atoms with Crippen molar-refractivity contribution in [3.63, 3.8) is 0 Å². The van der Waals surface area contributed by atoms with Gasteiger partial charge in [-0.1, -0.05) is 12.1 Å². The normalized spacial score (nSPS) is 18.6. The zero-order valence-electron chi connectivity index (χ0n) is 17.4. The number of hydrogen-bond acceptors (Lipinski definition) is 4. The Hall–Kier alpha value is -3.01. The topological polar surface area (TPSA) is 62.5 Å². The van der Waals surface area contributed by atoms with Crippen LogP contribution in [0.1, 0.15) is 42.6 Å². The molecule has 3 heterocycles. The highest BCUT2D eigenvalue weighted by Crippen LogP contribution is 2.31. The number of hydrogen-bond donors (Lipinski definition) is 1. The number of likely N-dealkylation sites (tertiary alicyclic amines) is 1. The minimum atomic E-state index is -4.45. The van der Waals surface area contributed by atoms with Crippen LogP contribution in [-0.4, -0.2) is 44.5 Å². The summed E-state index contributed by atoms with van der Waals surface area (Å²) in [6.07, 6.45) is -1.89. The first kappa shape index (κ1) is 22.2. The van der Waals surface area contributed by atoms with Crippen LogP contribution in [0.4, 0.5) is 17.6 Å². The summed E-state index contributed by atoms with van der Waals surface area (Å²) in [7, 11) is 0. The van der Waals surface area contributed by atoms with Gasteiger partial charge in [-0.3, -0.25) is 14.1 Å². The maximum Gasteiger partial charge on any atom is 0.417 e. The van der Waals surface area contributed by atoms with Crippen molar-refractivity contribution in [3.8, 4) is 0 Å². The molecule has 0 spiro atoms. The summed E-state index contributed by atoms with van der Waals surface area (Å²) in [5.41, 5.74) is 0.390. The van der Waals surface area contributed by atoms with Crippen LogP contribution in [-0.2, 0) is 17.5 Å². The van der Waals surface area contributed by atoms with E-state index >= 15 is 0 Å². The average molecular weight is 449 g/mol. The van der Waals surface area contributed by atoms with Crippen molar-refractivity contribution < 1.29 is 22.4 Å². The number of carbonyl (C=O) groups excluding carboxylic acids is 1. The highest BCUT2D eigenvalue weighted by Gasteiger charge is 2.33. The molecule has 2 unspecified atom stereocenters. The maximum atomic E-state index is 13.1. The highest BCUT2D eigenvalue weighted by molar-refractivity contribution is 5.81. The largest absolute Gasteiger partial charge is 0.417 e. The predicted octanol–water partition coefficient (Wildman–Crippen LogP) is 3.77. The van der Waals surface area contributed by atoms with Crippen LogP contribution in [0, 0.1) is 5.82 Å². The summed E-state index contributed by atoms with van der Waals surface area (Å²) >= 11 is 0. The van der Waals surface area contributed by atoms with E-state index in [2.05, 4.69) is 15.5 Å². The monoisotopic (exact) mass is 449 g/mol. The van der Waals surface area contributed by atoms with Gasteiger partial charge in [-0.2, -0.15) is 13.2 Å². The van der Waals surface area contributed by atoms with Crippen LogP contribution in [0.25, 0.3) is 5.65 Å². The molecule has 1 fully saturated rings. The molecule has 0 radical (unpaired) electrons. The van der Waals surface area contributed by atoms with Crippen LogP contribution in [0.5, 0.6) is 0 Å². The quantitative estimate of drug-likeness (QED) is 0.603. The summed E-state index contributed by atoms with van der Waals surface area (Å²) in [5, 5.41) is 11.0. The molecule has 2 atom stereocenters. The molecular weight excluding hydrogens is 426 g/mol. The Morgan fingerprint density at radius 3 is 2.66 bits per heavy atom. The molecule has 1 aliphatic heterocycles. The van der Waals surface area contributed by atoms with E-state index in [1.54, 1.807) is 19.1 Å². The van der Waals surface area contributed by atoms with Crippen LogP contribution < -0.4 is 5.32 Å². The molecule has 4 rings (SSSR count). The van der Waals surface area contributed by atoms with Gasteiger partial charge in [0.25, 0.3) is 0 Å². The molecule has 1 N–H and O–H groups in total. The van der Waals surface area contributed by atoms with Crippen molar-refractivity contribution in [2.75, 3.05) is 13.1 Å². The van der Waals surface area contributed by atoms with Crippen LogP contribution in [0.2, 0.25) is 0 Å². The van der Waals surface area contributed by atoms with Gasteiger partial charge in [-0.15, -0.1) is 10.2 Å². The Bertz CT molecular complexity index is 1100. The van der Waals surface area contributed by atoms with E-state index < -0.39 is 17.8 Å². The van der Waals surface area contributed by atoms with Gasteiger partial charge >= 0.3 is 6.18 Å². The molecule has 0 bridgehead atoms.